The third-order valence-corrected chi connectivity index (χ3v) is 3.34. The quantitative estimate of drug-likeness (QED) is 0.839. The van der Waals surface area contributed by atoms with Crippen LogP contribution in [0.3, 0.4) is 0 Å². The summed E-state index contributed by atoms with van der Waals surface area (Å²) >= 11 is 7.72. The van der Waals surface area contributed by atoms with Crippen LogP contribution in [0.25, 0.3) is 0 Å². The number of hydrogen-bond donors (Lipinski definition) is 1. The molecule has 0 unspecified atom stereocenters. The van der Waals surface area contributed by atoms with E-state index in [2.05, 4.69) is 30.3 Å². The van der Waals surface area contributed by atoms with Crippen LogP contribution in [0.1, 0.15) is 5.56 Å². The van der Waals surface area contributed by atoms with Crippen molar-refractivity contribution in [2.75, 3.05) is 7.11 Å². The van der Waals surface area contributed by atoms with Gasteiger partial charge in [0.15, 0.2) is 0 Å². The molecule has 0 saturated carbocycles. The SMILES string of the molecule is CO.Clc1cccc(SCc2ccccc2)c1. The summed E-state index contributed by atoms with van der Waals surface area (Å²) in [5.41, 5.74) is 1.34. The molecule has 0 saturated heterocycles. The van der Waals surface area contributed by atoms with E-state index in [1.807, 2.05) is 24.3 Å². The lowest BCUT2D eigenvalue weighted by atomic mass is 10.2. The summed E-state index contributed by atoms with van der Waals surface area (Å²) in [5, 5.41) is 7.80. The second-order valence-corrected chi connectivity index (χ2v) is 4.72. The minimum atomic E-state index is 0.799. The molecule has 0 aromatic heterocycles. The Labute approximate surface area is 111 Å². The Kier molecular flexibility index (Phi) is 6.78. The van der Waals surface area contributed by atoms with Gasteiger partial charge < -0.3 is 5.11 Å². The number of aliphatic hydroxyl groups excluding tert-OH is 1. The molecule has 0 atom stereocenters. The molecule has 0 bridgehead atoms. The lowest BCUT2D eigenvalue weighted by molar-refractivity contribution is 0.399. The molecule has 0 heterocycles. The van der Waals surface area contributed by atoms with Crippen LogP contribution in [0.2, 0.25) is 5.02 Å². The van der Waals surface area contributed by atoms with E-state index in [0.717, 1.165) is 17.9 Å². The van der Waals surface area contributed by atoms with E-state index in [-0.39, 0.29) is 0 Å². The first-order valence-electron chi connectivity index (χ1n) is 5.21. The standard InChI is InChI=1S/C13H11ClS.CH4O/c14-12-7-4-8-13(9-12)15-10-11-5-2-1-3-6-11;1-2/h1-9H,10H2;2H,1H3. The molecule has 2 aromatic carbocycles. The number of aliphatic hydroxyl groups is 1. The number of thioether (sulfide) groups is 1. The molecule has 2 rings (SSSR count). The number of hydrogen-bond acceptors (Lipinski definition) is 2. The molecule has 0 radical (unpaired) electrons. The Hall–Kier alpha value is -0.960. The molecule has 1 N–H and O–H groups in total. The highest BCUT2D eigenvalue weighted by Crippen LogP contribution is 2.24. The lowest BCUT2D eigenvalue weighted by Gasteiger charge is -2.01. The maximum absolute atomic E-state index is 7.00. The largest absolute Gasteiger partial charge is 0.400 e. The van der Waals surface area contributed by atoms with E-state index < -0.39 is 0 Å². The van der Waals surface area contributed by atoms with E-state index >= 15 is 0 Å². The van der Waals surface area contributed by atoms with E-state index in [1.165, 1.54) is 10.5 Å². The molecular weight excluding hydrogens is 252 g/mol. The average molecular weight is 267 g/mol. The highest BCUT2D eigenvalue weighted by Gasteiger charge is 1.96. The van der Waals surface area contributed by atoms with Crippen LogP contribution in [0.4, 0.5) is 0 Å². The van der Waals surface area contributed by atoms with Gasteiger partial charge in [0.25, 0.3) is 0 Å². The van der Waals surface area contributed by atoms with Gasteiger partial charge in [0, 0.05) is 22.8 Å². The molecular formula is C14H15ClOS. The summed E-state index contributed by atoms with van der Waals surface area (Å²) in [4.78, 5) is 1.21. The second kappa shape index (κ2) is 8.18. The zero-order valence-electron chi connectivity index (χ0n) is 9.64. The van der Waals surface area contributed by atoms with E-state index in [1.54, 1.807) is 11.8 Å². The van der Waals surface area contributed by atoms with Crippen molar-refractivity contribution >= 4 is 23.4 Å². The predicted octanol–water partition coefficient (Wildman–Crippen LogP) is 4.24. The van der Waals surface area contributed by atoms with Gasteiger partial charge in [-0.15, -0.1) is 11.8 Å². The van der Waals surface area contributed by atoms with Crippen molar-refractivity contribution in [1.82, 2.24) is 0 Å². The highest BCUT2D eigenvalue weighted by atomic mass is 35.5. The smallest absolute Gasteiger partial charge is 0.0417 e. The van der Waals surface area contributed by atoms with Crippen molar-refractivity contribution in [3.8, 4) is 0 Å². The highest BCUT2D eigenvalue weighted by molar-refractivity contribution is 7.98. The first-order valence-corrected chi connectivity index (χ1v) is 6.58. The minimum absolute atomic E-state index is 0.799. The minimum Gasteiger partial charge on any atom is -0.400 e. The fourth-order valence-corrected chi connectivity index (χ4v) is 2.46. The normalized spacial score (nSPS) is 9.35. The van der Waals surface area contributed by atoms with Crippen molar-refractivity contribution in [3.63, 3.8) is 0 Å². The summed E-state index contributed by atoms with van der Waals surface area (Å²) in [6, 6.07) is 18.4. The van der Waals surface area contributed by atoms with Crippen molar-refractivity contribution in [2.45, 2.75) is 10.6 Å². The molecule has 0 fully saturated rings. The Balaban J connectivity index is 0.000000686. The molecule has 17 heavy (non-hydrogen) atoms. The molecule has 0 spiro atoms. The molecule has 0 aliphatic heterocycles. The third kappa shape index (κ3) is 5.26. The van der Waals surface area contributed by atoms with Gasteiger partial charge >= 0.3 is 0 Å². The first kappa shape index (κ1) is 14.1. The Morgan fingerprint density at radius 1 is 1.00 bits per heavy atom. The van der Waals surface area contributed by atoms with E-state index in [9.17, 15) is 0 Å². The molecule has 2 aromatic rings. The lowest BCUT2D eigenvalue weighted by Crippen LogP contribution is -1.78. The van der Waals surface area contributed by atoms with Gasteiger partial charge in [-0.05, 0) is 23.8 Å². The van der Waals surface area contributed by atoms with Gasteiger partial charge in [-0.25, -0.2) is 0 Å². The Morgan fingerprint density at radius 2 is 1.71 bits per heavy atom. The van der Waals surface area contributed by atoms with Gasteiger partial charge in [0.1, 0.15) is 0 Å². The van der Waals surface area contributed by atoms with Gasteiger partial charge in [-0.2, -0.15) is 0 Å². The van der Waals surface area contributed by atoms with Crippen LogP contribution in [0.5, 0.6) is 0 Å². The average Bonchev–Trinajstić information content (AvgIpc) is 2.40. The van der Waals surface area contributed by atoms with E-state index in [4.69, 9.17) is 16.7 Å². The fraction of sp³-hybridized carbons (Fsp3) is 0.143. The fourth-order valence-electron chi connectivity index (χ4n) is 1.30. The zero-order chi connectivity index (χ0) is 12.5. The molecule has 3 heteroatoms. The molecule has 0 aliphatic rings. The monoisotopic (exact) mass is 266 g/mol. The number of rotatable bonds is 3. The van der Waals surface area contributed by atoms with Crippen molar-refractivity contribution in [1.29, 1.82) is 0 Å². The van der Waals surface area contributed by atoms with Crippen LogP contribution >= 0.6 is 23.4 Å². The van der Waals surface area contributed by atoms with Crippen LogP contribution in [0.15, 0.2) is 59.5 Å². The summed E-state index contributed by atoms with van der Waals surface area (Å²) < 4.78 is 0. The summed E-state index contributed by atoms with van der Waals surface area (Å²) in [6.45, 7) is 0. The van der Waals surface area contributed by atoms with Gasteiger partial charge in [0.2, 0.25) is 0 Å². The Bertz CT molecular complexity index is 431. The molecule has 90 valence electrons. The third-order valence-electron chi connectivity index (χ3n) is 2.04. The van der Waals surface area contributed by atoms with Crippen LogP contribution in [0, 0.1) is 0 Å². The molecule has 0 aliphatic carbocycles. The zero-order valence-corrected chi connectivity index (χ0v) is 11.2. The Morgan fingerprint density at radius 3 is 2.35 bits per heavy atom. The van der Waals surface area contributed by atoms with Gasteiger partial charge in [-0.1, -0.05) is 48.0 Å². The summed E-state index contributed by atoms with van der Waals surface area (Å²) in [7, 11) is 1.00. The topological polar surface area (TPSA) is 20.2 Å². The predicted molar refractivity (Wildman–Crippen MR) is 75.6 cm³/mol. The summed E-state index contributed by atoms with van der Waals surface area (Å²) in [6.07, 6.45) is 0. The summed E-state index contributed by atoms with van der Waals surface area (Å²) in [5.74, 6) is 0.987. The number of benzene rings is 2. The van der Waals surface area contributed by atoms with Gasteiger partial charge in [0.05, 0.1) is 0 Å². The van der Waals surface area contributed by atoms with Crippen LogP contribution < -0.4 is 0 Å². The molecule has 0 amide bonds. The maximum Gasteiger partial charge on any atom is 0.0417 e. The first-order chi connectivity index (χ1) is 8.34. The number of halogens is 1. The van der Waals surface area contributed by atoms with Crippen molar-refractivity contribution < 1.29 is 5.11 Å². The van der Waals surface area contributed by atoms with Crippen LogP contribution in [-0.2, 0) is 5.75 Å². The molecule has 1 nitrogen and oxygen atoms in total. The van der Waals surface area contributed by atoms with Crippen molar-refractivity contribution in [3.05, 3.63) is 65.2 Å². The second-order valence-electron chi connectivity index (χ2n) is 3.23. The van der Waals surface area contributed by atoms with E-state index in [0.29, 0.717) is 0 Å². The van der Waals surface area contributed by atoms with Gasteiger partial charge in [-0.3, -0.25) is 0 Å². The van der Waals surface area contributed by atoms with Crippen LogP contribution in [-0.4, -0.2) is 12.2 Å². The maximum atomic E-state index is 7.00. The van der Waals surface area contributed by atoms with Crippen molar-refractivity contribution in [2.24, 2.45) is 0 Å².